The van der Waals surface area contributed by atoms with Gasteiger partial charge < -0.3 is 10.6 Å². The first-order valence-electron chi connectivity index (χ1n) is 6.95. The summed E-state index contributed by atoms with van der Waals surface area (Å²) in [5.74, 6) is 1.42. The lowest BCUT2D eigenvalue weighted by Gasteiger charge is -2.28. The summed E-state index contributed by atoms with van der Waals surface area (Å²) in [4.78, 5) is 13.6. The summed E-state index contributed by atoms with van der Waals surface area (Å²) in [6.07, 6.45) is 5.09. The van der Waals surface area contributed by atoms with Crippen LogP contribution >= 0.6 is 11.3 Å². The Labute approximate surface area is 117 Å². The summed E-state index contributed by atoms with van der Waals surface area (Å²) in [5.41, 5.74) is 5.88. The summed E-state index contributed by atoms with van der Waals surface area (Å²) in [5, 5.41) is 1.16. The maximum absolute atomic E-state index is 5.88. The number of anilines is 2. The average molecular weight is 276 g/mol. The first-order chi connectivity index (χ1) is 9.15. The monoisotopic (exact) mass is 276 g/mol. The molecule has 1 aliphatic heterocycles. The molecule has 1 atom stereocenters. The van der Waals surface area contributed by atoms with Crippen LogP contribution < -0.4 is 10.6 Å². The zero-order valence-corrected chi connectivity index (χ0v) is 12.3. The minimum atomic E-state index is 0.390. The maximum Gasteiger partial charge on any atom is 0.223 e. The number of nitrogen functional groups attached to an aromatic ring is 1. The molecule has 1 fully saturated rings. The Morgan fingerprint density at radius 2 is 2.16 bits per heavy atom. The van der Waals surface area contributed by atoms with Crippen molar-refractivity contribution in [3.8, 4) is 0 Å². The Morgan fingerprint density at radius 1 is 1.32 bits per heavy atom. The van der Waals surface area contributed by atoms with Gasteiger partial charge in [-0.15, -0.1) is 11.3 Å². The van der Waals surface area contributed by atoms with Gasteiger partial charge in [0.25, 0.3) is 0 Å². The molecule has 2 aromatic rings. The van der Waals surface area contributed by atoms with Crippen molar-refractivity contribution in [2.45, 2.75) is 45.6 Å². The van der Waals surface area contributed by atoms with Crippen LogP contribution in [0.5, 0.6) is 0 Å². The highest BCUT2D eigenvalue weighted by Crippen LogP contribution is 2.33. The van der Waals surface area contributed by atoms with E-state index in [2.05, 4.69) is 34.8 Å². The second kappa shape index (κ2) is 4.96. The molecule has 2 aromatic heterocycles. The molecule has 4 nitrogen and oxygen atoms in total. The summed E-state index contributed by atoms with van der Waals surface area (Å²) >= 11 is 1.69. The second-order valence-electron chi connectivity index (χ2n) is 5.37. The number of hydrogen-bond acceptors (Lipinski definition) is 5. The Balaban J connectivity index is 2.11. The van der Waals surface area contributed by atoms with E-state index in [-0.39, 0.29) is 0 Å². The number of hydrogen-bond donors (Lipinski definition) is 1. The van der Waals surface area contributed by atoms with Crippen molar-refractivity contribution in [1.29, 1.82) is 0 Å². The number of thiophene rings is 1. The predicted octanol–water partition coefficient (Wildman–Crippen LogP) is 3.35. The first kappa shape index (κ1) is 12.7. The number of fused-ring (bicyclic) bond motifs is 1. The van der Waals surface area contributed by atoms with Gasteiger partial charge in [0.1, 0.15) is 10.6 Å². The smallest absolute Gasteiger partial charge is 0.223 e. The third-order valence-electron chi connectivity index (χ3n) is 3.84. The van der Waals surface area contributed by atoms with Gasteiger partial charge in [0.15, 0.2) is 0 Å². The van der Waals surface area contributed by atoms with Crippen LogP contribution in [0.3, 0.4) is 0 Å². The molecule has 0 radical (unpaired) electrons. The fourth-order valence-electron chi connectivity index (χ4n) is 2.85. The maximum atomic E-state index is 5.88. The third kappa shape index (κ3) is 2.39. The summed E-state index contributed by atoms with van der Waals surface area (Å²) in [6.45, 7) is 5.47. The molecular formula is C14H20N4S. The molecule has 0 spiro atoms. The van der Waals surface area contributed by atoms with E-state index in [1.807, 2.05) is 0 Å². The lowest BCUT2D eigenvalue weighted by atomic mass is 10.1. The number of nitrogens with zero attached hydrogens (tertiary/aromatic N) is 3. The number of rotatable bonds is 1. The Morgan fingerprint density at radius 3 is 3.00 bits per heavy atom. The van der Waals surface area contributed by atoms with E-state index in [0.29, 0.717) is 12.0 Å². The summed E-state index contributed by atoms with van der Waals surface area (Å²) < 4.78 is 0. The van der Waals surface area contributed by atoms with Gasteiger partial charge in [0, 0.05) is 17.5 Å². The number of aryl methyl sites for hydroxylation is 1. The van der Waals surface area contributed by atoms with Crippen molar-refractivity contribution in [3.05, 3.63) is 10.9 Å². The third-order valence-corrected chi connectivity index (χ3v) is 4.78. The number of aromatic nitrogens is 2. The molecular weight excluding hydrogens is 256 g/mol. The van der Waals surface area contributed by atoms with Crippen LogP contribution in [0.2, 0.25) is 0 Å². The molecule has 5 heteroatoms. The minimum Gasteiger partial charge on any atom is -0.368 e. The topological polar surface area (TPSA) is 55.0 Å². The molecule has 19 heavy (non-hydrogen) atoms. The highest BCUT2D eigenvalue weighted by atomic mass is 32.1. The average Bonchev–Trinajstić information content (AvgIpc) is 2.59. The molecule has 3 rings (SSSR count). The highest BCUT2D eigenvalue weighted by molar-refractivity contribution is 7.18. The Kier molecular flexibility index (Phi) is 3.31. The lowest BCUT2D eigenvalue weighted by molar-refractivity contribution is 0.613. The van der Waals surface area contributed by atoms with Crippen LogP contribution in [0.25, 0.3) is 10.2 Å². The first-order valence-corrected chi connectivity index (χ1v) is 7.77. The van der Waals surface area contributed by atoms with Crippen molar-refractivity contribution >= 4 is 33.3 Å². The molecule has 1 aliphatic rings. The molecule has 0 amide bonds. The fourth-order valence-corrected chi connectivity index (χ4v) is 3.73. The van der Waals surface area contributed by atoms with Gasteiger partial charge in [-0.3, -0.25) is 0 Å². The molecule has 2 N–H and O–H groups in total. The van der Waals surface area contributed by atoms with E-state index in [0.717, 1.165) is 22.6 Å². The zero-order chi connectivity index (χ0) is 13.4. The van der Waals surface area contributed by atoms with Crippen molar-refractivity contribution in [3.63, 3.8) is 0 Å². The van der Waals surface area contributed by atoms with Crippen molar-refractivity contribution in [1.82, 2.24) is 9.97 Å². The van der Waals surface area contributed by atoms with Gasteiger partial charge in [-0.05, 0) is 32.8 Å². The largest absolute Gasteiger partial charge is 0.368 e. The van der Waals surface area contributed by atoms with Crippen LogP contribution in [0.15, 0.2) is 6.07 Å². The molecule has 0 aromatic carbocycles. The van der Waals surface area contributed by atoms with E-state index >= 15 is 0 Å². The van der Waals surface area contributed by atoms with E-state index in [1.54, 1.807) is 11.3 Å². The highest BCUT2D eigenvalue weighted by Gasteiger charge is 2.22. The van der Waals surface area contributed by atoms with Crippen LogP contribution in [-0.2, 0) is 0 Å². The van der Waals surface area contributed by atoms with Gasteiger partial charge in [-0.1, -0.05) is 12.8 Å². The van der Waals surface area contributed by atoms with Crippen molar-refractivity contribution < 1.29 is 0 Å². The van der Waals surface area contributed by atoms with Gasteiger partial charge in [0.2, 0.25) is 5.95 Å². The van der Waals surface area contributed by atoms with Crippen LogP contribution in [-0.4, -0.2) is 22.6 Å². The van der Waals surface area contributed by atoms with E-state index in [9.17, 15) is 0 Å². The summed E-state index contributed by atoms with van der Waals surface area (Å²) in [7, 11) is 0. The summed E-state index contributed by atoms with van der Waals surface area (Å²) in [6, 6.07) is 2.71. The molecule has 1 unspecified atom stereocenters. The zero-order valence-electron chi connectivity index (χ0n) is 11.5. The van der Waals surface area contributed by atoms with Gasteiger partial charge in [-0.25, -0.2) is 4.98 Å². The van der Waals surface area contributed by atoms with Crippen molar-refractivity contribution in [2.24, 2.45) is 0 Å². The van der Waals surface area contributed by atoms with E-state index in [1.165, 1.54) is 30.6 Å². The molecule has 3 heterocycles. The second-order valence-corrected chi connectivity index (χ2v) is 6.61. The number of nitrogens with two attached hydrogens (primary N) is 1. The normalized spacial score (nSPS) is 20.7. The molecule has 0 bridgehead atoms. The van der Waals surface area contributed by atoms with Crippen molar-refractivity contribution in [2.75, 3.05) is 17.2 Å². The molecule has 102 valence electrons. The molecule has 1 saturated heterocycles. The van der Waals surface area contributed by atoms with Gasteiger partial charge in [-0.2, -0.15) is 4.98 Å². The van der Waals surface area contributed by atoms with E-state index < -0.39 is 0 Å². The lowest BCUT2D eigenvalue weighted by Crippen LogP contribution is -2.33. The van der Waals surface area contributed by atoms with Gasteiger partial charge in [0.05, 0.1) is 5.39 Å². The minimum absolute atomic E-state index is 0.390. The predicted molar refractivity (Wildman–Crippen MR) is 81.8 cm³/mol. The van der Waals surface area contributed by atoms with Crippen LogP contribution in [0, 0.1) is 6.92 Å². The fraction of sp³-hybridized carbons (Fsp3) is 0.571. The molecule has 0 saturated carbocycles. The van der Waals surface area contributed by atoms with Crippen LogP contribution in [0.4, 0.5) is 11.8 Å². The quantitative estimate of drug-likeness (QED) is 0.868. The Hall–Kier alpha value is -1.36. The Bertz CT molecular complexity index is 592. The van der Waals surface area contributed by atoms with E-state index in [4.69, 9.17) is 5.73 Å². The standard InChI is InChI=1S/C14H20N4S/c1-9-6-4-3-5-7-18(9)12-11-8-10(2)19-13(11)17-14(15)16-12/h8-9H,3-7H2,1-2H3,(H2,15,16,17). The molecule has 0 aliphatic carbocycles. The van der Waals surface area contributed by atoms with Crippen LogP contribution in [0.1, 0.15) is 37.5 Å². The SMILES string of the molecule is Cc1cc2c(N3CCCCCC3C)nc(N)nc2s1. The van der Waals surface area contributed by atoms with Gasteiger partial charge >= 0.3 is 0 Å².